The number of rotatable bonds is 1. The molecule has 0 aromatic heterocycles. The Labute approximate surface area is 56.9 Å². The molecule has 0 spiro atoms. The predicted octanol–water partition coefficient (Wildman–Crippen LogP) is 2.78. The van der Waals surface area contributed by atoms with Gasteiger partial charge in [-0.2, -0.15) is 0 Å². The highest BCUT2D eigenvalue weighted by molar-refractivity contribution is 5.15. The molecule has 0 nitrogen and oxygen atoms in total. The molecular formula is C7H7F3. The van der Waals surface area contributed by atoms with Crippen molar-refractivity contribution in [1.29, 1.82) is 0 Å². The summed E-state index contributed by atoms with van der Waals surface area (Å²) in [6, 6.07) is 7.73. The van der Waals surface area contributed by atoms with Gasteiger partial charge in [0.1, 0.15) is 0 Å². The molecule has 1 aromatic carbocycles. The first-order valence-electron chi connectivity index (χ1n) is 2.64. The minimum Gasteiger partial charge on any atom is -0.269 e. The smallest absolute Gasteiger partial charge is 0.263 e. The Kier molecular flexibility index (Phi) is 3.54. The van der Waals surface area contributed by atoms with Crippen molar-refractivity contribution < 1.29 is 13.5 Å². The van der Waals surface area contributed by atoms with Crippen molar-refractivity contribution in [3.05, 3.63) is 35.9 Å². The van der Waals surface area contributed by atoms with Crippen LogP contribution in [0.3, 0.4) is 0 Å². The molecule has 3 heteroatoms. The summed E-state index contributed by atoms with van der Waals surface area (Å²) in [7, 11) is 0. The second kappa shape index (κ2) is 3.93. The number of hydrogen-bond acceptors (Lipinski definition) is 0. The van der Waals surface area contributed by atoms with Crippen LogP contribution in [0.1, 0.15) is 12.0 Å². The molecule has 0 heterocycles. The molecular weight excluding hydrogens is 141 g/mol. The standard InChI is InChI=1S/C7H6F2.FH/c8-7(9)6-4-2-1-3-5-6;/h1-5,7H;1H. The van der Waals surface area contributed by atoms with E-state index in [0.717, 1.165) is 0 Å². The predicted molar refractivity (Wildman–Crippen MR) is 33.9 cm³/mol. The Morgan fingerprint density at radius 3 is 1.80 bits per heavy atom. The fourth-order valence-corrected chi connectivity index (χ4v) is 0.599. The van der Waals surface area contributed by atoms with Gasteiger partial charge in [0.05, 0.1) is 0 Å². The highest BCUT2D eigenvalue weighted by atomic mass is 19.3. The lowest BCUT2D eigenvalue weighted by Crippen LogP contribution is -1.79. The molecule has 1 aromatic rings. The maximum absolute atomic E-state index is 11.8. The van der Waals surface area contributed by atoms with E-state index in [1.165, 1.54) is 12.1 Å². The Morgan fingerprint density at radius 1 is 1.00 bits per heavy atom. The van der Waals surface area contributed by atoms with Gasteiger partial charge in [0, 0.05) is 5.56 Å². The summed E-state index contributed by atoms with van der Waals surface area (Å²) in [4.78, 5) is 0. The van der Waals surface area contributed by atoms with Gasteiger partial charge in [0.25, 0.3) is 6.43 Å². The number of benzene rings is 1. The fourth-order valence-electron chi connectivity index (χ4n) is 0.599. The molecule has 0 saturated carbocycles. The van der Waals surface area contributed by atoms with Crippen LogP contribution in [0.4, 0.5) is 13.5 Å². The topological polar surface area (TPSA) is 0 Å². The first kappa shape index (κ1) is 9.01. The summed E-state index contributed by atoms with van der Waals surface area (Å²) in [5.41, 5.74) is 0.0810. The van der Waals surface area contributed by atoms with Gasteiger partial charge in [0.2, 0.25) is 0 Å². The quantitative estimate of drug-likeness (QED) is 0.574. The molecule has 0 unspecified atom stereocenters. The molecule has 10 heavy (non-hydrogen) atoms. The third-order valence-electron chi connectivity index (χ3n) is 1.05. The lowest BCUT2D eigenvalue weighted by molar-refractivity contribution is 0.151. The van der Waals surface area contributed by atoms with E-state index < -0.39 is 6.43 Å². The SMILES string of the molecule is F.FC(F)c1ccccc1. The van der Waals surface area contributed by atoms with Crippen LogP contribution in [0, 0.1) is 0 Å². The molecule has 0 bridgehead atoms. The van der Waals surface area contributed by atoms with Gasteiger partial charge in [0.15, 0.2) is 0 Å². The second-order valence-corrected chi connectivity index (χ2v) is 1.71. The van der Waals surface area contributed by atoms with E-state index in [4.69, 9.17) is 0 Å². The van der Waals surface area contributed by atoms with Crippen molar-refractivity contribution in [3.8, 4) is 0 Å². The molecule has 0 aliphatic rings. The number of alkyl halides is 2. The largest absolute Gasteiger partial charge is 0.269 e. The molecule has 56 valence electrons. The van der Waals surface area contributed by atoms with Gasteiger partial charge in [-0.05, 0) is 0 Å². The lowest BCUT2D eigenvalue weighted by atomic mass is 10.2. The average molecular weight is 148 g/mol. The van der Waals surface area contributed by atoms with Crippen LogP contribution >= 0.6 is 0 Å². The summed E-state index contributed by atoms with van der Waals surface area (Å²) >= 11 is 0. The highest BCUT2D eigenvalue weighted by Gasteiger charge is 2.02. The minimum atomic E-state index is -2.34. The van der Waals surface area contributed by atoms with Gasteiger partial charge in [-0.1, -0.05) is 30.3 Å². The van der Waals surface area contributed by atoms with Crippen LogP contribution in [0.25, 0.3) is 0 Å². The van der Waals surface area contributed by atoms with Crippen molar-refractivity contribution in [2.45, 2.75) is 6.43 Å². The summed E-state index contributed by atoms with van der Waals surface area (Å²) < 4.78 is 23.5. The van der Waals surface area contributed by atoms with Crippen LogP contribution in [-0.2, 0) is 0 Å². The molecule has 0 saturated heterocycles. The third-order valence-corrected chi connectivity index (χ3v) is 1.05. The molecule has 1 rings (SSSR count). The fraction of sp³-hybridized carbons (Fsp3) is 0.143. The molecule has 0 aliphatic heterocycles. The Bertz CT molecular complexity index is 171. The zero-order valence-electron chi connectivity index (χ0n) is 5.13. The van der Waals surface area contributed by atoms with Crippen molar-refractivity contribution in [2.75, 3.05) is 0 Å². The highest BCUT2D eigenvalue weighted by Crippen LogP contribution is 2.16. The lowest BCUT2D eigenvalue weighted by Gasteiger charge is -1.94. The first-order valence-corrected chi connectivity index (χ1v) is 2.64. The van der Waals surface area contributed by atoms with Crippen LogP contribution in [-0.4, -0.2) is 0 Å². The normalized spacial score (nSPS) is 9.10. The van der Waals surface area contributed by atoms with Gasteiger partial charge in [-0.3, -0.25) is 4.70 Å². The monoisotopic (exact) mass is 148 g/mol. The minimum absolute atomic E-state index is 0. The van der Waals surface area contributed by atoms with Crippen LogP contribution in [0.2, 0.25) is 0 Å². The first-order chi connectivity index (χ1) is 4.30. The zero-order chi connectivity index (χ0) is 6.69. The molecule has 0 radical (unpaired) electrons. The summed E-state index contributed by atoms with van der Waals surface area (Å²) in [6.45, 7) is 0. The van der Waals surface area contributed by atoms with Crippen molar-refractivity contribution >= 4 is 0 Å². The van der Waals surface area contributed by atoms with E-state index >= 15 is 0 Å². The average Bonchev–Trinajstić information content (AvgIpc) is 1.90. The van der Waals surface area contributed by atoms with Crippen molar-refractivity contribution in [2.24, 2.45) is 0 Å². The second-order valence-electron chi connectivity index (χ2n) is 1.71. The molecule has 0 atom stereocenters. The van der Waals surface area contributed by atoms with Crippen LogP contribution in [0.15, 0.2) is 30.3 Å². The van der Waals surface area contributed by atoms with E-state index in [-0.39, 0.29) is 10.3 Å². The van der Waals surface area contributed by atoms with E-state index in [1.807, 2.05) is 0 Å². The number of halogens is 3. The summed E-state index contributed by atoms with van der Waals surface area (Å²) in [5, 5.41) is 0. The van der Waals surface area contributed by atoms with Crippen molar-refractivity contribution in [3.63, 3.8) is 0 Å². The molecule has 0 amide bonds. The third kappa shape index (κ3) is 2.09. The molecule has 0 N–H and O–H groups in total. The van der Waals surface area contributed by atoms with Gasteiger partial charge >= 0.3 is 0 Å². The van der Waals surface area contributed by atoms with E-state index in [1.54, 1.807) is 18.2 Å². The van der Waals surface area contributed by atoms with Crippen LogP contribution in [0.5, 0.6) is 0 Å². The van der Waals surface area contributed by atoms with Gasteiger partial charge in [-0.25, -0.2) is 8.78 Å². The summed E-state index contributed by atoms with van der Waals surface area (Å²) in [6.07, 6.45) is -2.34. The number of hydrogen-bond donors (Lipinski definition) is 0. The maximum Gasteiger partial charge on any atom is 0.263 e. The Balaban J connectivity index is 0.000000810. The van der Waals surface area contributed by atoms with E-state index in [0.29, 0.717) is 0 Å². The molecule has 0 aliphatic carbocycles. The van der Waals surface area contributed by atoms with E-state index in [9.17, 15) is 8.78 Å². The zero-order valence-corrected chi connectivity index (χ0v) is 5.13. The van der Waals surface area contributed by atoms with Crippen LogP contribution < -0.4 is 0 Å². The van der Waals surface area contributed by atoms with Crippen molar-refractivity contribution in [1.82, 2.24) is 0 Å². The van der Waals surface area contributed by atoms with E-state index in [2.05, 4.69) is 0 Å². The van der Waals surface area contributed by atoms with Gasteiger partial charge in [-0.15, -0.1) is 0 Å². The Morgan fingerprint density at radius 2 is 1.50 bits per heavy atom. The summed E-state index contributed by atoms with van der Waals surface area (Å²) in [5.74, 6) is 0. The Hall–Kier alpha value is -0.990. The maximum atomic E-state index is 11.8. The molecule has 0 fully saturated rings. The van der Waals surface area contributed by atoms with Gasteiger partial charge < -0.3 is 0 Å².